The molecule has 0 bridgehead atoms. The second kappa shape index (κ2) is 10.6. The van der Waals surface area contributed by atoms with Gasteiger partial charge >= 0.3 is 0 Å². The van der Waals surface area contributed by atoms with Crippen LogP contribution in [0, 0.1) is 0 Å². The Morgan fingerprint density at radius 1 is 1.43 bits per heavy atom. The lowest BCUT2D eigenvalue weighted by Crippen LogP contribution is -2.27. The molecule has 1 aromatic carbocycles. The van der Waals surface area contributed by atoms with Crippen molar-refractivity contribution in [3.8, 4) is 0 Å². The summed E-state index contributed by atoms with van der Waals surface area (Å²) in [5, 5.41) is 5.59. The van der Waals surface area contributed by atoms with E-state index in [-0.39, 0.29) is 24.9 Å². The molecule has 0 fully saturated rings. The number of amides is 1. The monoisotopic (exact) mass is 375 g/mol. The van der Waals surface area contributed by atoms with Crippen LogP contribution in [0.2, 0.25) is 5.02 Å². The Balaban J connectivity index is 0.00000264. The molecule has 0 radical (unpaired) electrons. The van der Waals surface area contributed by atoms with Crippen molar-refractivity contribution in [1.82, 2.24) is 9.88 Å². The van der Waals surface area contributed by atoms with Gasteiger partial charge in [-0.3, -0.25) is 4.79 Å². The Bertz CT molecular complexity index is 685. The molecule has 23 heavy (non-hydrogen) atoms. The number of ether oxygens (including phenoxy) is 1. The van der Waals surface area contributed by atoms with Crippen molar-refractivity contribution in [2.45, 2.75) is 6.54 Å². The summed E-state index contributed by atoms with van der Waals surface area (Å²) < 4.78 is 6.82. The highest BCUT2D eigenvalue weighted by Crippen LogP contribution is 2.15. The lowest BCUT2D eigenvalue weighted by Gasteiger charge is -2.05. The largest absolute Gasteiger partial charge is 0.383 e. The van der Waals surface area contributed by atoms with E-state index in [0.29, 0.717) is 29.5 Å². The molecule has 0 aliphatic heterocycles. The van der Waals surface area contributed by atoms with Crippen LogP contribution in [-0.2, 0) is 16.1 Å². The van der Waals surface area contributed by atoms with Crippen LogP contribution >= 0.6 is 35.3 Å². The second-order valence-corrected chi connectivity index (χ2v) is 5.86. The standard InChI is InChI=1S/C15H18ClN3O2S.ClH/c1-21-8-6-17-10-14(20)18-15-19(7-9-22-15)11-12-4-2-3-5-13(12)16;/h2-5,7,9,17H,6,8,10-11H2,1H3;1H. The lowest BCUT2D eigenvalue weighted by atomic mass is 10.2. The third-order valence-corrected chi connectivity index (χ3v) is 4.10. The summed E-state index contributed by atoms with van der Waals surface area (Å²) in [6.07, 6.45) is 1.90. The molecule has 2 rings (SSSR count). The van der Waals surface area contributed by atoms with E-state index in [2.05, 4.69) is 10.3 Å². The number of hydrogen-bond donors (Lipinski definition) is 1. The van der Waals surface area contributed by atoms with Gasteiger partial charge in [0.15, 0.2) is 4.80 Å². The number of halogens is 2. The van der Waals surface area contributed by atoms with Gasteiger partial charge in [0.2, 0.25) is 0 Å². The first-order valence-corrected chi connectivity index (χ1v) is 8.11. The number of benzene rings is 1. The summed E-state index contributed by atoms with van der Waals surface area (Å²) >= 11 is 7.59. The van der Waals surface area contributed by atoms with Crippen molar-refractivity contribution in [3.63, 3.8) is 0 Å². The van der Waals surface area contributed by atoms with Crippen molar-refractivity contribution in [3.05, 3.63) is 51.2 Å². The molecule has 5 nitrogen and oxygen atoms in total. The van der Waals surface area contributed by atoms with Crippen molar-refractivity contribution >= 4 is 41.3 Å². The number of methoxy groups -OCH3 is 1. The van der Waals surface area contributed by atoms with Gasteiger partial charge < -0.3 is 14.6 Å². The number of rotatable bonds is 7. The molecule has 1 N–H and O–H groups in total. The van der Waals surface area contributed by atoms with E-state index >= 15 is 0 Å². The molecule has 8 heteroatoms. The Hall–Kier alpha value is -1.18. The fourth-order valence-corrected chi connectivity index (χ4v) is 2.77. The van der Waals surface area contributed by atoms with E-state index in [1.54, 1.807) is 7.11 Å². The number of thiazole rings is 1. The maximum atomic E-state index is 11.8. The van der Waals surface area contributed by atoms with Crippen molar-refractivity contribution in [1.29, 1.82) is 0 Å². The number of nitrogens with zero attached hydrogens (tertiary/aromatic N) is 2. The lowest BCUT2D eigenvalue weighted by molar-refractivity contribution is -0.117. The minimum absolute atomic E-state index is 0. The minimum atomic E-state index is -0.202. The van der Waals surface area contributed by atoms with Crippen LogP contribution in [0.25, 0.3) is 0 Å². The van der Waals surface area contributed by atoms with Gasteiger partial charge in [-0.15, -0.1) is 23.7 Å². The van der Waals surface area contributed by atoms with E-state index in [1.165, 1.54) is 11.3 Å². The molecule has 0 unspecified atom stereocenters. The van der Waals surface area contributed by atoms with Crippen LogP contribution in [0.1, 0.15) is 5.56 Å². The van der Waals surface area contributed by atoms with Crippen molar-refractivity contribution in [2.24, 2.45) is 4.99 Å². The molecule has 0 saturated heterocycles. The van der Waals surface area contributed by atoms with Gasteiger partial charge in [0.25, 0.3) is 5.91 Å². The summed E-state index contributed by atoms with van der Waals surface area (Å²) in [6.45, 7) is 1.99. The van der Waals surface area contributed by atoms with Crippen LogP contribution in [-0.4, -0.2) is 37.3 Å². The third-order valence-electron chi connectivity index (χ3n) is 2.94. The zero-order valence-corrected chi connectivity index (χ0v) is 15.1. The average Bonchev–Trinajstić information content (AvgIpc) is 2.93. The molecule has 1 aromatic heterocycles. The van der Waals surface area contributed by atoms with Crippen LogP contribution in [0.4, 0.5) is 0 Å². The van der Waals surface area contributed by atoms with E-state index in [1.807, 2.05) is 40.4 Å². The summed E-state index contributed by atoms with van der Waals surface area (Å²) in [7, 11) is 1.62. The van der Waals surface area contributed by atoms with Crippen molar-refractivity contribution < 1.29 is 9.53 Å². The summed E-state index contributed by atoms with van der Waals surface area (Å²) in [6, 6.07) is 7.65. The SMILES string of the molecule is COCCNCC(=O)N=c1sccn1Cc1ccccc1Cl.Cl. The predicted octanol–water partition coefficient (Wildman–Crippen LogP) is 2.34. The van der Waals surface area contributed by atoms with Crippen LogP contribution in [0.5, 0.6) is 0 Å². The summed E-state index contributed by atoms with van der Waals surface area (Å²) in [4.78, 5) is 16.6. The Kier molecular flexibility index (Phi) is 9.13. The molecule has 0 atom stereocenters. The highest BCUT2D eigenvalue weighted by atomic mass is 35.5. The molecule has 0 aliphatic rings. The van der Waals surface area contributed by atoms with E-state index in [9.17, 15) is 4.79 Å². The first-order valence-electron chi connectivity index (χ1n) is 6.85. The van der Waals surface area contributed by atoms with Gasteiger partial charge in [-0.25, -0.2) is 0 Å². The topological polar surface area (TPSA) is 55.6 Å². The first-order chi connectivity index (χ1) is 10.7. The van der Waals surface area contributed by atoms with Gasteiger partial charge in [0.1, 0.15) is 0 Å². The number of carbonyl (C=O) groups is 1. The van der Waals surface area contributed by atoms with Gasteiger partial charge in [-0.05, 0) is 11.6 Å². The Morgan fingerprint density at radius 2 is 2.22 bits per heavy atom. The van der Waals surface area contributed by atoms with E-state index in [4.69, 9.17) is 16.3 Å². The highest BCUT2D eigenvalue weighted by molar-refractivity contribution is 7.07. The minimum Gasteiger partial charge on any atom is -0.383 e. The second-order valence-electron chi connectivity index (χ2n) is 4.58. The molecule has 0 spiro atoms. The number of nitrogens with one attached hydrogen (secondary N) is 1. The molecule has 1 amide bonds. The zero-order chi connectivity index (χ0) is 15.8. The van der Waals surface area contributed by atoms with Crippen molar-refractivity contribution in [2.75, 3.05) is 26.8 Å². The fourth-order valence-electron chi connectivity index (χ4n) is 1.83. The third kappa shape index (κ3) is 6.45. The quantitative estimate of drug-likeness (QED) is 0.755. The normalized spacial score (nSPS) is 11.3. The van der Waals surface area contributed by atoms with Gasteiger partial charge in [0.05, 0.1) is 19.7 Å². The molecule has 2 aromatic rings. The highest BCUT2D eigenvalue weighted by Gasteiger charge is 2.04. The predicted molar refractivity (Wildman–Crippen MR) is 95.4 cm³/mol. The van der Waals surface area contributed by atoms with E-state index in [0.717, 1.165) is 5.56 Å². The number of hydrogen-bond acceptors (Lipinski definition) is 4. The van der Waals surface area contributed by atoms with Gasteiger partial charge in [-0.1, -0.05) is 29.8 Å². The van der Waals surface area contributed by atoms with Gasteiger partial charge in [-0.2, -0.15) is 4.99 Å². The number of carbonyl (C=O) groups excluding carboxylic acids is 1. The van der Waals surface area contributed by atoms with E-state index < -0.39 is 0 Å². The molecule has 0 aliphatic carbocycles. The summed E-state index contributed by atoms with van der Waals surface area (Å²) in [5.41, 5.74) is 0.995. The molecular weight excluding hydrogens is 357 g/mol. The first kappa shape index (κ1) is 19.9. The van der Waals surface area contributed by atoms with Crippen LogP contribution < -0.4 is 10.1 Å². The molecular formula is C15H19Cl2N3O2S. The Labute approximate surface area is 150 Å². The maximum Gasteiger partial charge on any atom is 0.262 e. The van der Waals surface area contributed by atoms with Crippen LogP contribution in [0.15, 0.2) is 40.8 Å². The van der Waals surface area contributed by atoms with Crippen LogP contribution in [0.3, 0.4) is 0 Å². The average molecular weight is 376 g/mol. The fraction of sp³-hybridized carbons (Fsp3) is 0.333. The Morgan fingerprint density at radius 3 is 2.96 bits per heavy atom. The zero-order valence-electron chi connectivity index (χ0n) is 12.7. The number of aromatic nitrogens is 1. The molecule has 126 valence electrons. The smallest absolute Gasteiger partial charge is 0.262 e. The molecule has 0 saturated carbocycles. The molecule has 1 heterocycles. The maximum absolute atomic E-state index is 11.8. The van der Waals surface area contributed by atoms with Gasteiger partial charge in [0, 0.05) is 30.3 Å². The summed E-state index contributed by atoms with van der Waals surface area (Å²) in [5.74, 6) is -0.202.